The molecule has 0 aromatic carbocycles. The molecule has 6 heteroatoms. The van der Waals surface area contributed by atoms with Crippen LogP contribution in [0.1, 0.15) is 13.8 Å². The summed E-state index contributed by atoms with van der Waals surface area (Å²) in [5, 5.41) is 2.71. The van der Waals surface area contributed by atoms with Gasteiger partial charge in [-0.05, 0) is 12.0 Å². The Morgan fingerprint density at radius 3 is 2.65 bits per heavy atom. The molecular formula is C14H19N3O3. The normalized spacial score (nSPS) is 19.4. The van der Waals surface area contributed by atoms with Crippen LogP contribution in [-0.2, 0) is 16.1 Å². The SMILES string of the molecule is CC(C)C1NC(=O)CN(CCn2ccccc2=O)C1=O. The van der Waals surface area contributed by atoms with Crippen LogP contribution in [0.3, 0.4) is 0 Å². The Morgan fingerprint density at radius 1 is 1.25 bits per heavy atom. The van der Waals surface area contributed by atoms with Crippen molar-refractivity contribution in [1.82, 2.24) is 14.8 Å². The van der Waals surface area contributed by atoms with Crippen molar-refractivity contribution in [2.75, 3.05) is 13.1 Å². The number of hydrogen-bond acceptors (Lipinski definition) is 3. The summed E-state index contributed by atoms with van der Waals surface area (Å²) in [7, 11) is 0. The number of carbonyl (C=O) groups excluding carboxylic acids is 2. The Hall–Kier alpha value is -2.11. The number of aromatic nitrogens is 1. The fourth-order valence-corrected chi connectivity index (χ4v) is 2.24. The van der Waals surface area contributed by atoms with Gasteiger partial charge in [-0.1, -0.05) is 19.9 Å². The van der Waals surface area contributed by atoms with Crippen LogP contribution in [0.2, 0.25) is 0 Å². The van der Waals surface area contributed by atoms with Crippen LogP contribution in [0, 0.1) is 5.92 Å². The molecule has 1 aliphatic rings. The summed E-state index contributed by atoms with van der Waals surface area (Å²) in [5.41, 5.74) is -0.109. The third kappa shape index (κ3) is 3.07. The maximum Gasteiger partial charge on any atom is 0.250 e. The van der Waals surface area contributed by atoms with Crippen LogP contribution in [0.5, 0.6) is 0 Å². The van der Waals surface area contributed by atoms with Crippen molar-refractivity contribution in [2.24, 2.45) is 5.92 Å². The minimum atomic E-state index is -0.469. The van der Waals surface area contributed by atoms with Crippen molar-refractivity contribution in [3.63, 3.8) is 0 Å². The number of nitrogens with one attached hydrogen (secondary N) is 1. The first-order chi connectivity index (χ1) is 9.49. The number of carbonyl (C=O) groups is 2. The lowest BCUT2D eigenvalue weighted by atomic mass is 10.0. The van der Waals surface area contributed by atoms with E-state index in [9.17, 15) is 14.4 Å². The molecule has 2 rings (SSSR count). The molecule has 1 aliphatic heterocycles. The Bertz CT molecular complexity index is 565. The molecule has 0 saturated carbocycles. The Kier molecular flexibility index (Phi) is 4.22. The molecular weight excluding hydrogens is 258 g/mol. The van der Waals surface area contributed by atoms with Gasteiger partial charge in [0.15, 0.2) is 0 Å². The van der Waals surface area contributed by atoms with Crippen LogP contribution in [0.4, 0.5) is 0 Å². The van der Waals surface area contributed by atoms with Gasteiger partial charge < -0.3 is 14.8 Å². The largest absolute Gasteiger partial charge is 0.343 e. The lowest BCUT2D eigenvalue weighted by Crippen LogP contribution is -2.60. The van der Waals surface area contributed by atoms with E-state index in [1.165, 1.54) is 15.5 Å². The average molecular weight is 277 g/mol. The van der Waals surface area contributed by atoms with Gasteiger partial charge in [0.05, 0.1) is 6.54 Å². The van der Waals surface area contributed by atoms with Crippen LogP contribution < -0.4 is 10.9 Å². The second kappa shape index (κ2) is 5.90. The third-order valence-electron chi connectivity index (χ3n) is 3.41. The van der Waals surface area contributed by atoms with E-state index in [4.69, 9.17) is 0 Å². The van der Waals surface area contributed by atoms with Gasteiger partial charge in [0.2, 0.25) is 11.8 Å². The summed E-state index contributed by atoms with van der Waals surface area (Å²) in [6, 6.07) is 4.45. The van der Waals surface area contributed by atoms with Gasteiger partial charge in [-0.2, -0.15) is 0 Å². The standard InChI is InChI=1S/C14H19N3O3/c1-10(2)13-14(20)17(9-11(18)15-13)8-7-16-6-4-3-5-12(16)19/h3-6,10,13H,7-9H2,1-2H3,(H,15,18). The molecule has 1 unspecified atom stereocenters. The summed E-state index contributed by atoms with van der Waals surface area (Å²) >= 11 is 0. The maximum atomic E-state index is 12.2. The summed E-state index contributed by atoms with van der Waals surface area (Å²) < 4.78 is 1.53. The van der Waals surface area contributed by atoms with Gasteiger partial charge in [0.1, 0.15) is 6.04 Å². The molecule has 20 heavy (non-hydrogen) atoms. The molecule has 0 aliphatic carbocycles. The zero-order chi connectivity index (χ0) is 14.7. The Morgan fingerprint density at radius 2 is 2.00 bits per heavy atom. The van der Waals surface area contributed by atoms with Crippen molar-refractivity contribution in [2.45, 2.75) is 26.4 Å². The molecule has 2 heterocycles. The first-order valence-electron chi connectivity index (χ1n) is 6.72. The fourth-order valence-electron chi connectivity index (χ4n) is 2.24. The molecule has 108 valence electrons. The van der Waals surface area contributed by atoms with Crippen LogP contribution in [0.15, 0.2) is 29.2 Å². The van der Waals surface area contributed by atoms with E-state index in [0.29, 0.717) is 13.1 Å². The van der Waals surface area contributed by atoms with Gasteiger partial charge in [0, 0.05) is 25.4 Å². The van der Waals surface area contributed by atoms with E-state index in [0.717, 1.165) is 0 Å². The summed E-state index contributed by atoms with van der Waals surface area (Å²) in [6.45, 7) is 4.61. The third-order valence-corrected chi connectivity index (χ3v) is 3.41. The molecule has 6 nitrogen and oxygen atoms in total. The van der Waals surface area contributed by atoms with E-state index < -0.39 is 6.04 Å². The highest BCUT2D eigenvalue weighted by molar-refractivity contribution is 5.94. The van der Waals surface area contributed by atoms with Crippen molar-refractivity contribution >= 4 is 11.8 Å². The highest BCUT2D eigenvalue weighted by Crippen LogP contribution is 2.10. The van der Waals surface area contributed by atoms with Crippen LogP contribution in [0.25, 0.3) is 0 Å². The molecule has 1 aromatic rings. The molecule has 2 amide bonds. The van der Waals surface area contributed by atoms with E-state index in [1.54, 1.807) is 18.3 Å². The average Bonchev–Trinajstić information content (AvgIpc) is 2.40. The first kappa shape index (κ1) is 14.3. The number of nitrogens with zero attached hydrogens (tertiary/aromatic N) is 2. The number of piperazine rings is 1. The zero-order valence-electron chi connectivity index (χ0n) is 11.7. The number of rotatable bonds is 4. The van der Waals surface area contributed by atoms with Gasteiger partial charge in [-0.25, -0.2) is 0 Å². The topological polar surface area (TPSA) is 71.4 Å². The van der Waals surface area contributed by atoms with Crippen molar-refractivity contribution in [3.8, 4) is 0 Å². The highest BCUT2D eigenvalue weighted by atomic mass is 16.2. The zero-order valence-corrected chi connectivity index (χ0v) is 11.7. The fraction of sp³-hybridized carbons (Fsp3) is 0.500. The monoisotopic (exact) mass is 277 g/mol. The predicted octanol–water partition coefficient (Wildman–Crippen LogP) is -0.169. The lowest BCUT2D eigenvalue weighted by Gasteiger charge is -2.34. The molecule has 1 aromatic heterocycles. The second-order valence-corrected chi connectivity index (χ2v) is 5.28. The molecule has 0 bridgehead atoms. The Labute approximate surface area is 117 Å². The molecule has 1 fully saturated rings. The molecule has 1 saturated heterocycles. The quantitative estimate of drug-likeness (QED) is 0.830. The molecule has 0 radical (unpaired) electrons. The van der Waals surface area contributed by atoms with E-state index >= 15 is 0 Å². The van der Waals surface area contributed by atoms with E-state index in [1.807, 2.05) is 13.8 Å². The van der Waals surface area contributed by atoms with Crippen LogP contribution >= 0.6 is 0 Å². The lowest BCUT2D eigenvalue weighted by molar-refractivity contribution is -0.145. The van der Waals surface area contributed by atoms with Crippen molar-refractivity contribution in [1.29, 1.82) is 0 Å². The van der Waals surface area contributed by atoms with Gasteiger partial charge in [0.25, 0.3) is 5.56 Å². The number of hydrogen-bond donors (Lipinski definition) is 1. The maximum absolute atomic E-state index is 12.2. The van der Waals surface area contributed by atoms with Crippen LogP contribution in [-0.4, -0.2) is 40.4 Å². The predicted molar refractivity (Wildman–Crippen MR) is 74.1 cm³/mol. The second-order valence-electron chi connectivity index (χ2n) is 5.28. The Balaban J connectivity index is 2.05. The number of amides is 2. The van der Waals surface area contributed by atoms with E-state index in [-0.39, 0.29) is 29.8 Å². The molecule has 0 spiro atoms. The molecule has 1 N–H and O–H groups in total. The van der Waals surface area contributed by atoms with Gasteiger partial charge in [-0.15, -0.1) is 0 Å². The van der Waals surface area contributed by atoms with E-state index in [2.05, 4.69) is 5.32 Å². The minimum Gasteiger partial charge on any atom is -0.343 e. The smallest absolute Gasteiger partial charge is 0.250 e. The van der Waals surface area contributed by atoms with Gasteiger partial charge >= 0.3 is 0 Å². The highest BCUT2D eigenvalue weighted by Gasteiger charge is 2.34. The molecule has 1 atom stereocenters. The van der Waals surface area contributed by atoms with Gasteiger partial charge in [-0.3, -0.25) is 14.4 Å². The first-order valence-corrected chi connectivity index (χ1v) is 6.72. The summed E-state index contributed by atoms with van der Waals surface area (Å²) in [6.07, 6.45) is 1.68. The van der Waals surface area contributed by atoms with Crippen molar-refractivity contribution < 1.29 is 9.59 Å². The summed E-state index contributed by atoms with van der Waals surface area (Å²) in [4.78, 5) is 37.0. The minimum absolute atomic E-state index is 0.0497. The van der Waals surface area contributed by atoms with Crippen molar-refractivity contribution in [3.05, 3.63) is 34.7 Å². The summed E-state index contributed by atoms with van der Waals surface area (Å²) in [5.74, 6) is -0.180. The number of pyridine rings is 1.